The first-order valence-electron chi connectivity index (χ1n) is 7.01. The average molecular weight is 267 g/mol. The van der Waals surface area contributed by atoms with Gasteiger partial charge >= 0.3 is 0 Å². The molecule has 0 saturated heterocycles. The van der Waals surface area contributed by atoms with Gasteiger partial charge in [-0.2, -0.15) is 5.10 Å². The van der Waals surface area contributed by atoms with Crippen molar-refractivity contribution >= 4 is 12.0 Å². The number of aryl methyl sites for hydroxylation is 2. The van der Waals surface area contributed by atoms with Gasteiger partial charge in [0.1, 0.15) is 5.82 Å². The maximum Gasteiger partial charge on any atom is 0.149 e. The van der Waals surface area contributed by atoms with Gasteiger partial charge in [0, 0.05) is 12.2 Å². The van der Waals surface area contributed by atoms with Crippen molar-refractivity contribution < 1.29 is 0 Å². The van der Waals surface area contributed by atoms with E-state index in [0.717, 1.165) is 30.0 Å². The Balaban J connectivity index is 2.24. The first kappa shape index (κ1) is 14.3. The van der Waals surface area contributed by atoms with E-state index in [-0.39, 0.29) is 0 Å². The quantitative estimate of drug-likeness (QED) is 0.606. The number of benzene rings is 1. The molecule has 3 nitrogen and oxygen atoms in total. The molecule has 0 amide bonds. The van der Waals surface area contributed by atoms with Gasteiger partial charge in [-0.1, -0.05) is 37.3 Å². The highest BCUT2D eigenvalue weighted by atomic mass is 15.5. The normalized spacial score (nSPS) is 10.9. The fourth-order valence-electron chi connectivity index (χ4n) is 2.07. The summed E-state index contributed by atoms with van der Waals surface area (Å²) in [4.78, 5) is 4.58. The minimum absolute atomic E-state index is 0.860. The van der Waals surface area contributed by atoms with Crippen LogP contribution in [0.25, 0.3) is 0 Å². The van der Waals surface area contributed by atoms with Crippen molar-refractivity contribution in [1.82, 2.24) is 4.98 Å². The predicted molar refractivity (Wildman–Crippen MR) is 85.4 cm³/mol. The van der Waals surface area contributed by atoms with E-state index in [0.29, 0.717) is 0 Å². The van der Waals surface area contributed by atoms with E-state index in [1.807, 2.05) is 48.5 Å². The minimum Gasteiger partial charge on any atom is -0.248 e. The van der Waals surface area contributed by atoms with Gasteiger partial charge in [-0.15, -0.1) is 0 Å². The van der Waals surface area contributed by atoms with Crippen molar-refractivity contribution in [2.45, 2.75) is 27.2 Å². The van der Waals surface area contributed by atoms with Crippen LogP contribution in [0.3, 0.4) is 0 Å². The van der Waals surface area contributed by atoms with Crippen molar-refractivity contribution in [2.24, 2.45) is 5.10 Å². The van der Waals surface area contributed by atoms with Crippen molar-refractivity contribution in [3.63, 3.8) is 0 Å². The zero-order valence-corrected chi connectivity index (χ0v) is 12.4. The molecule has 1 aromatic carbocycles. The Bertz CT molecular complexity index is 556. The van der Waals surface area contributed by atoms with Gasteiger partial charge in [-0.3, -0.25) is 0 Å². The Morgan fingerprint density at radius 1 is 1.15 bits per heavy atom. The van der Waals surface area contributed by atoms with Gasteiger partial charge in [0.05, 0.1) is 6.21 Å². The van der Waals surface area contributed by atoms with E-state index in [9.17, 15) is 0 Å². The Kier molecular flexibility index (Phi) is 4.88. The van der Waals surface area contributed by atoms with Crippen LogP contribution in [0.15, 0.2) is 47.6 Å². The highest BCUT2D eigenvalue weighted by molar-refractivity contribution is 5.80. The first-order chi connectivity index (χ1) is 9.69. The van der Waals surface area contributed by atoms with Gasteiger partial charge < -0.3 is 0 Å². The maximum absolute atomic E-state index is 4.58. The van der Waals surface area contributed by atoms with E-state index in [4.69, 9.17) is 0 Å². The Morgan fingerprint density at radius 2 is 1.90 bits per heavy atom. The molecule has 0 fully saturated rings. The van der Waals surface area contributed by atoms with Gasteiger partial charge in [0.25, 0.3) is 0 Å². The van der Waals surface area contributed by atoms with Crippen LogP contribution in [0.5, 0.6) is 0 Å². The number of rotatable bonds is 5. The lowest BCUT2D eigenvalue weighted by molar-refractivity contribution is 0.792. The van der Waals surface area contributed by atoms with Crippen molar-refractivity contribution in [2.75, 3.05) is 11.6 Å². The van der Waals surface area contributed by atoms with Gasteiger partial charge in [0.15, 0.2) is 0 Å². The highest BCUT2D eigenvalue weighted by Crippen LogP contribution is 2.15. The molecular formula is C17H21N3. The SMILES string of the molecule is CCCN(/N=C/c1ccccc1)c1cc(C)cc(C)n1. The lowest BCUT2D eigenvalue weighted by atomic mass is 10.2. The molecule has 0 N–H and O–H groups in total. The smallest absolute Gasteiger partial charge is 0.149 e. The summed E-state index contributed by atoms with van der Waals surface area (Å²) in [6.07, 6.45) is 2.91. The van der Waals surface area contributed by atoms with E-state index >= 15 is 0 Å². The van der Waals surface area contributed by atoms with Gasteiger partial charge in [0.2, 0.25) is 0 Å². The van der Waals surface area contributed by atoms with Crippen molar-refractivity contribution in [3.8, 4) is 0 Å². The zero-order valence-electron chi connectivity index (χ0n) is 12.4. The molecule has 0 unspecified atom stereocenters. The predicted octanol–water partition coefficient (Wildman–Crippen LogP) is 3.95. The summed E-state index contributed by atoms with van der Waals surface area (Å²) < 4.78 is 0. The van der Waals surface area contributed by atoms with E-state index in [2.05, 4.69) is 36.1 Å². The fraction of sp³-hybridized carbons (Fsp3) is 0.294. The Labute approximate surface area is 121 Å². The molecule has 2 rings (SSSR count). The van der Waals surface area contributed by atoms with Crippen LogP contribution in [0.2, 0.25) is 0 Å². The van der Waals surface area contributed by atoms with Crippen LogP contribution >= 0.6 is 0 Å². The molecule has 2 aromatic rings. The maximum atomic E-state index is 4.58. The van der Waals surface area contributed by atoms with Crippen molar-refractivity contribution in [1.29, 1.82) is 0 Å². The largest absolute Gasteiger partial charge is 0.248 e. The monoisotopic (exact) mass is 267 g/mol. The lowest BCUT2D eigenvalue weighted by Gasteiger charge is -2.18. The summed E-state index contributed by atoms with van der Waals surface area (Å²) in [7, 11) is 0. The number of aromatic nitrogens is 1. The molecule has 0 bridgehead atoms. The molecule has 0 radical (unpaired) electrons. The number of nitrogens with zero attached hydrogens (tertiary/aromatic N) is 3. The molecule has 0 atom stereocenters. The molecule has 20 heavy (non-hydrogen) atoms. The summed E-state index contributed by atoms with van der Waals surface area (Å²) in [6.45, 7) is 7.11. The summed E-state index contributed by atoms with van der Waals surface area (Å²) in [5, 5.41) is 6.55. The zero-order chi connectivity index (χ0) is 14.4. The second-order valence-corrected chi connectivity index (χ2v) is 4.92. The van der Waals surface area contributed by atoms with Crippen LogP contribution in [0, 0.1) is 13.8 Å². The molecule has 1 aromatic heterocycles. The third kappa shape index (κ3) is 3.92. The van der Waals surface area contributed by atoms with Gasteiger partial charge in [-0.05, 0) is 43.5 Å². The second kappa shape index (κ2) is 6.85. The van der Waals surface area contributed by atoms with E-state index in [1.54, 1.807) is 0 Å². The number of hydrogen-bond donors (Lipinski definition) is 0. The third-order valence-electron chi connectivity index (χ3n) is 2.93. The molecule has 0 aliphatic rings. The topological polar surface area (TPSA) is 28.5 Å². The number of hydrogen-bond acceptors (Lipinski definition) is 3. The number of hydrazone groups is 1. The summed E-state index contributed by atoms with van der Waals surface area (Å²) in [5.41, 5.74) is 3.33. The highest BCUT2D eigenvalue weighted by Gasteiger charge is 2.06. The van der Waals surface area contributed by atoms with Crippen LogP contribution in [0.1, 0.15) is 30.2 Å². The summed E-state index contributed by atoms with van der Waals surface area (Å²) >= 11 is 0. The van der Waals surface area contributed by atoms with Crippen LogP contribution in [-0.4, -0.2) is 17.7 Å². The number of anilines is 1. The molecule has 104 valence electrons. The standard InChI is InChI=1S/C17H21N3/c1-4-10-20(17-12-14(2)11-15(3)19-17)18-13-16-8-6-5-7-9-16/h5-9,11-13H,4,10H2,1-3H3/b18-13+. The fourth-order valence-corrected chi connectivity index (χ4v) is 2.07. The first-order valence-corrected chi connectivity index (χ1v) is 7.01. The Hall–Kier alpha value is -2.16. The van der Waals surface area contributed by atoms with Crippen LogP contribution in [-0.2, 0) is 0 Å². The lowest BCUT2D eigenvalue weighted by Crippen LogP contribution is -2.19. The van der Waals surface area contributed by atoms with E-state index in [1.165, 1.54) is 5.56 Å². The molecule has 3 heteroatoms. The number of pyridine rings is 1. The summed E-state index contributed by atoms with van der Waals surface area (Å²) in [6, 6.07) is 14.3. The van der Waals surface area contributed by atoms with Crippen LogP contribution in [0.4, 0.5) is 5.82 Å². The minimum atomic E-state index is 0.860. The molecule has 0 saturated carbocycles. The molecule has 0 aliphatic heterocycles. The third-order valence-corrected chi connectivity index (χ3v) is 2.93. The van der Waals surface area contributed by atoms with Gasteiger partial charge in [-0.25, -0.2) is 9.99 Å². The average Bonchev–Trinajstić information content (AvgIpc) is 2.43. The van der Waals surface area contributed by atoms with Crippen LogP contribution < -0.4 is 5.01 Å². The molecular weight excluding hydrogens is 246 g/mol. The molecule has 0 spiro atoms. The Morgan fingerprint density at radius 3 is 2.55 bits per heavy atom. The van der Waals surface area contributed by atoms with Crippen molar-refractivity contribution in [3.05, 3.63) is 59.3 Å². The second-order valence-electron chi connectivity index (χ2n) is 4.92. The molecule has 1 heterocycles. The summed E-state index contributed by atoms with van der Waals surface area (Å²) in [5.74, 6) is 0.913. The van der Waals surface area contributed by atoms with E-state index < -0.39 is 0 Å². The molecule has 0 aliphatic carbocycles.